The fourth-order valence-corrected chi connectivity index (χ4v) is 3.93. The lowest BCUT2D eigenvalue weighted by atomic mass is 9.86. The van der Waals surface area contributed by atoms with Crippen LogP contribution >= 0.6 is 11.3 Å². The molecule has 1 aliphatic heterocycles. The standard InChI is InChI=1S/C21H28N4O2S.C2H6/c1-21(2,3)18(22)20(27)25-10-4-5-16(25)19(26)24-11-14-6-8-15(9-7-14)17-12-23-13-28-17;1-2/h6-9,12-13,16,18H,4-5,10-11,22H2,1-3H3,(H,24,26);1-2H3. The van der Waals surface area contributed by atoms with Gasteiger partial charge < -0.3 is 16.0 Å². The minimum atomic E-state index is -0.611. The van der Waals surface area contributed by atoms with Crippen molar-refractivity contribution in [3.8, 4) is 10.4 Å². The summed E-state index contributed by atoms with van der Waals surface area (Å²) in [6.07, 6.45) is 3.35. The first-order valence-corrected chi connectivity index (χ1v) is 11.5. The van der Waals surface area contributed by atoms with Gasteiger partial charge >= 0.3 is 0 Å². The van der Waals surface area contributed by atoms with Crippen LogP contribution in [0.15, 0.2) is 36.0 Å². The van der Waals surface area contributed by atoms with E-state index in [1.807, 2.05) is 70.6 Å². The molecule has 1 aromatic heterocycles. The monoisotopic (exact) mass is 430 g/mol. The molecule has 2 amide bonds. The molecule has 6 nitrogen and oxygen atoms in total. The molecule has 2 heterocycles. The Balaban J connectivity index is 0.00000155. The van der Waals surface area contributed by atoms with Crippen LogP contribution in [0.4, 0.5) is 0 Å². The van der Waals surface area contributed by atoms with Gasteiger partial charge in [-0.25, -0.2) is 0 Å². The lowest BCUT2D eigenvalue weighted by Crippen LogP contribution is -2.54. The second-order valence-electron chi connectivity index (χ2n) is 8.31. The molecule has 2 aromatic rings. The molecule has 164 valence electrons. The maximum atomic E-state index is 12.7. The van der Waals surface area contributed by atoms with E-state index in [9.17, 15) is 9.59 Å². The average Bonchev–Trinajstić information content (AvgIpc) is 3.44. The van der Waals surface area contributed by atoms with Gasteiger partial charge in [-0.1, -0.05) is 58.9 Å². The summed E-state index contributed by atoms with van der Waals surface area (Å²) in [7, 11) is 0. The van der Waals surface area contributed by atoms with Gasteiger partial charge in [0, 0.05) is 19.3 Å². The third-order valence-corrected chi connectivity index (χ3v) is 6.00. The third kappa shape index (κ3) is 5.89. The van der Waals surface area contributed by atoms with Gasteiger partial charge in [0.25, 0.3) is 0 Å². The van der Waals surface area contributed by atoms with E-state index in [4.69, 9.17) is 5.73 Å². The molecule has 1 fully saturated rings. The zero-order valence-corrected chi connectivity index (χ0v) is 19.5. The highest BCUT2D eigenvalue weighted by atomic mass is 32.1. The number of benzene rings is 1. The highest BCUT2D eigenvalue weighted by molar-refractivity contribution is 7.13. The van der Waals surface area contributed by atoms with Crippen LogP contribution in [0, 0.1) is 5.41 Å². The Kier molecular flexibility index (Phi) is 8.55. The predicted molar refractivity (Wildman–Crippen MR) is 123 cm³/mol. The number of nitrogens with two attached hydrogens (primary N) is 1. The molecule has 0 spiro atoms. The van der Waals surface area contributed by atoms with Crippen molar-refractivity contribution in [1.29, 1.82) is 0 Å². The molecule has 1 aromatic carbocycles. The van der Waals surface area contributed by atoms with Crippen molar-refractivity contribution >= 4 is 23.2 Å². The Morgan fingerprint density at radius 1 is 1.27 bits per heavy atom. The van der Waals surface area contributed by atoms with Crippen molar-refractivity contribution in [3.63, 3.8) is 0 Å². The van der Waals surface area contributed by atoms with E-state index in [0.717, 1.165) is 22.4 Å². The van der Waals surface area contributed by atoms with E-state index >= 15 is 0 Å². The summed E-state index contributed by atoms with van der Waals surface area (Å²) in [5, 5.41) is 2.97. The number of hydrogen-bond acceptors (Lipinski definition) is 5. The highest BCUT2D eigenvalue weighted by Crippen LogP contribution is 2.25. The van der Waals surface area contributed by atoms with Crippen LogP contribution in [0.25, 0.3) is 10.4 Å². The number of amides is 2. The molecule has 7 heteroatoms. The Morgan fingerprint density at radius 2 is 1.93 bits per heavy atom. The van der Waals surface area contributed by atoms with Gasteiger partial charge in [0.2, 0.25) is 11.8 Å². The molecule has 0 bridgehead atoms. The molecule has 2 unspecified atom stereocenters. The number of hydrogen-bond donors (Lipinski definition) is 2. The van der Waals surface area contributed by atoms with E-state index in [2.05, 4.69) is 10.3 Å². The van der Waals surface area contributed by atoms with Crippen molar-refractivity contribution < 1.29 is 9.59 Å². The van der Waals surface area contributed by atoms with Crippen molar-refractivity contribution in [3.05, 3.63) is 41.5 Å². The zero-order valence-electron chi connectivity index (χ0n) is 18.6. The fourth-order valence-electron chi connectivity index (χ4n) is 3.30. The lowest BCUT2D eigenvalue weighted by molar-refractivity contribution is -0.141. The largest absolute Gasteiger partial charge is 0.350 e. The first-order valence-electron chi connectivity index (χ1n) is 10.6. The van der Waals surface area contributed by atoms with Crippen molar-refractivity contribution in [1.82, 2.24) is 15.2 Å². The number of likely N-dealkylation sites (tertiary alicyclic amines) is 1. The summed E-state index contributed by atoms with van der Waals surface area (Å²) in [5.41, 5.74) is 9.74. The van der Waals surface area contributed by atoms with E-state index in [0.29, 0.717) is 19.5 Å². The van der Waals surface area contributed by atoms with Crippen molar-refractivity contribution in [2.45, 2.75) is 66.1 Å². The number of thiazole rings is 1. The van der Waals surface area contributed by atoms with Crippen LogP contribution < -0.4 is 11.1 Å². The fraction of sp³-hybridized carbons (Fsp3) is 0.522. The van der Waals surface area contributed by atoms with Crippen LogP contribution in [-0.2, 0) is 16.1 Å². The number of carbonyl (C=O) groups is 2. The summed E-state index contributed by atoms with van der Waals surface area (Å²) < 4.78 is 0. The minimum absolute atomic E-state index is 0.113. The number of nitrogens with one attached hydrogen (secondary N) is 1. The van der Waals surface area contributed by atoms with Gasteiger partial charge in [-0.3, -0.25) is 14.6 Å². The predicted octanol–water partition coefficient (Wildman–Crippen LogP) is 3.82. The highest BCUT2D eigenvalue weighted by Gasteiger charge is 2.39. The van der Waals surface area contributed by atoms with Crippen LogP contribution in [-0.4, -0.2) is 40.3 Å². The van der Waals surface area contributed by atoms with Crippen LogP contribution in [0.2, 0.25) is 0 Å². The second-order valence-corrected chi connectivity index (χ2v) is 9.20. The topological polar surface area (TPSA) is 88.3 Å². The average molecular weight is 431 g/mol. The van der Waals surface area contributed by atoms with Gasteiger partial charge in [-0.05, 0) is 29.4 Å². The van der Waals surface area contributed by atoms with E-state index < -0.39 is 12.1 Å². The molecular weight excluding hydrogens is 396 g/mol. The summed E-state index contributed by atoms with van der Waals surface area (Å²) in [6.45, 7) is 10.8. The molecule has 0 radical (unpaired) electrons. The van der Waals surface area contributed by atoms with Gasteiger partial charge in [-0.15, -0.1) is 11.3 Å². The Labute approximate surface area is 183 Å². The van der Waals surface area contributed by atoms with Crippen LogP contribution in [0.1, 0.15) is 53.0 Å². The molecule has 0 aliphatic carbocycles. The van der Waals surface area contributed by atoms with E-state index in [-0.39, 0.29) is 17.2 Å². The van der Waals surface area contributed by atoms with E-state index in [1.165, 1.54) is 0 Å². The molecule has 2 atom stereocenters. The lowest BCUT2D eigenvalue weighted by Gasteiger charge is -2.32. The van der Waals surface area contributed by atoms with Crippen molar-refractivity contribution in [2.75, 3.05) is 6.54 Å². The minimum Gasteiger partial charge on any atom is -0.350 e. The zero-order chi connectivity index (χ0) is 22.3. The molecule has 30 heavy (non-hydrogen) atoms. The van der Waals surface area contributed by atoms with Gasteiger partial charge in [-0.2, -0.15) is 0 Å². The maximum absolute atomic E-state index is 12.7. The number of rotatable bonds is 5. The quantitative estimate of drug-likeness (QED) is 0.755. The summed E-state index contributed by atoms with van der Waals surface area (Å²) in [6, 6.07) is 7.02. The Bertz CT molecular complexity index is 813. The molecular formula is C23H34N4O2S. The summed E-state index contributed by atoms with van der Waals surface area (Å²) >= 11 is 1.60. The molecule has 3 rings (SSSR count). The first kappa shape index (κ1) is 24.0. The van der Waals surface area contributed by atoms with Crippen molar-refractivity contribution in [2.24, 2.45) is 11.1 Å². The normalized spacial score (nSPS) is 17.1. The number of carbonyl (C=O) groups excluding carboxylic acids is 2. The Morgan fingerprint density at radius 3 is 2.50 bits per heavy atom. The summed E-state index contributed by atoms with van der Waals surface area (Å²) in [4.78, 5) is 32.3. The number of nitrogens with zero attached hydrogens (tertiary/aromatic N) is 2. The summed E-state index contributed by atoms with van der Waals surface area (Å²) in [5.74, 6) is -0.252. The van der Waals surface area contributed by atoms with Gasteiger partial charge in [0.05, 0.1) is 16.4 Å². The SMILES string of the molecule is CC.CC(C)(C)C(N)C(=O)N1CCCC1C(=O)NCc1ccc(-c2cncs2)cc1. The molecule has 3 N–H and O–H groups in total. The number of aromatic nitrogens is 1. The van der Waals surface area contributed by atoms with E-state index in [1.54, 1.807) is 16.2 Å². The smallest absolute Gasteiger partial charge is 0.243 e. The third-order valence-electron chi connectivity index (χ3n) is 5.18. The van der Waals surface area contributed by atoms with Gasteiger partial charge in [0.1, 0.15) is 6.04 Å². The molecule has 1 saturated heterocycles. The Hall–Kier alpha value is -2.25. The molecule has 1 aliphatic rings. The van der Waals surface area contributed by atoms with Crippen LogP contribution in [0.3, 0.4) is 0 Å². The molecule has 0 saturated carbocycles. The maximum Gasteiger partial charge on any atom is 0.243 e. The second kappa shape index (κ2) is 10.7. The first-order chi connectivity index (χ1) is 14.3. The van der Waals surface area contributed by atoms with Crippen LogP contribution in [0.5, 0.6) is 0 Å². The van der Waals surface area contributed by atoms with Gasteiger partial charge in [0.15, 0.2) is 0 Å².